The molecule has 134 valence electrons. The van der Waals surface area contributed by atoms with Crippen molar-refractivity contribution in [1.29, 1.82) is 0 Å². The molecule has 1 aromatic carbocycles. The number of aliphatic hydroxyl groups is 4. The zero-order chi connectivity index (χ0) is 18.3. The lowest BCUT2D eigenvalue weighted by Gasteiger charge is -2.14. The maximum absolute atomic E-state index is 12.3. The fraction of sp³-hybridized carbons (Fsp3) is 0.429. The second-order valence-electron chi connectivity index (χ2n) is 4.88. The molecule has 2 atom stereocenters. The van der Waals surface area contributed by atoms with Gasteiger partial charge in [0.25, 0.3) is 11.8 Å². The standard InChI is InChI=1S/C14H18I2N2O6/c15-10-2-1-9(13(23)17-3-7(21)5-19)12(16)11(10)14(24)18-4-8(22)6-20/h1-2,7-8,19-22H,3-6H2,(H,17,23)(H,18,24). The Kier molecular flexibility index (Phi) is 9.36. The first-order valence-corrected chi connectivity index (χ1v) is 9.09. The first-order valence-electron chi connectivity index (χ1n) is 6.94. The molecule has 0 spiro atoms. The zero-order valence-electron chi connectivity index (χ0n) is 12.5. The molecule has 1 aromatic rings. The molecule has 24 heavy (non-hydrogen) atoms. The number of amides is 2. The van der Waals surface area contributed by atoms with E-state index in [2.05, 4.69) is 10.6 Å². The van der Waals surface area contributed by atoms with Crippen molar-refractivity contribution in [1.82, 2.24) is 10.6 Å². The van der Waals surface area contributed by atoms with E-state index in [0.717, 1.165) is 0 Å². The van der Waals surface area contributed by atoms with Crippen molar-refractivity contribution < 1.29 is 30.0 Å². The van der Waals surface area contributed by atoms with E-state index in [4.69, 9.17) is 10.2 Å². The number of carbonyl (C=O) groups is 2. The van der Waals surface area contributed by atoms with Crippen molar-refractivity contribution in [3.05, 3.63) is 30.4 Å². The summed E-state index contributed by atoms with van der Waals surface area (Å²) in [5.41, 5.74) is 0.547. The molecule has 0 aromatic heterocycles. The van der Waals surface area contributed by atoms with E-state index < -0.39 is 37.2 Å². The van der Waals surface area contributed by atoms with Gasteiger partial charge < -0.3 is 31.1 Å². The fourth-order valence-electron chi connectivity index (χ4n) is 1.67. The van der Waals surface area contributed by atoms with Crippen molar-refractivity contribution in [2.45, 2.75) is 12.2 Å². The van der Waals surface area contributed by atoms with Crippen LogP contribution in [0, 0.1) is 7.14 Å². The van der Waals surface area contributed by atoms with E-state index in [1.165, 1.54) is 0 Å². The molecular weight excluding hydrogens is 546 g/mol. The molecule has 2 unspecified atom stereocenters. The number of benzene rings is 1. The topological polar surface area (TPSA) is 139 Å². The largest absolute Gasteiger partial charge is 0.394 e. The second-order valence-corrected chi connectivity index (χ2v) is 7.12. The van der Waals surface area contributed by atoms with Gasteiger partial charge >= 0.3 is 0 Å². The predicted octanol–water partition coefficient (Wildman–Crippen LogP) is -0.938. The summed E-state index contributed by atoms with van der Waals surface area (Å²) in [6.45, 7) is -1.16. The van der Waals surface area contributed by atoms with Crippen LogP contribution in [0.5, 0.6) is 0 Å². The van der Waals surface area contributed by atoms with E-state index in [0.29, 0.717) is 7.14 Å². The minimum atomic E-state index is -1.06. The van der Waals surface area contributed by atoms with Crippen LogP contribution in [0.3, 0.4) is 0 Å². The average Bonchev–Trinajstić information content (AvgIpc) is 2.57. The highest BCUT2D eigenvalue weighted by Gasteiger charge is 2.21. The molecule has 0 radical (unpaired) electrons. The number of hydrogen-bond acceptors (Lipinski definition) is 6. The summed E-state index contributed by atoms with van der Waals surface area (Å²) in [6.07, 6.45) is -2.12. The second kappa shape index (κ2) is 10.5. The van der Waals surface area contributed by atoms with Crippen molar-refractivity contribution in [3.8, 4) is 0 Å². The number of rotatable bonds is 8. The Morgan fingerprint density at radius 2 is 1.46 bits per heavy atom. The maximum atomic E-state index is 12.3. The number of nitrogens with one attached hydrogen (secondary N) is 2. The monoisotopic (exact) mass is 564 g/mol. The number of aliphatic hydroxyl groups excluding tert-OH is 4. The van der Waals surface area contributed by atoms with Crippen molar-refractivity contribution in [3.63, 3.8) is 0 Å². The minimum absolute atomic E-state index is 0.110. The average molecular weight is 564 g/mol. The molecule has 0 saturated carbocycles. The molecule has 0 saturated heterocycles. The van der Waals surface area contributed by atoms with Gasteiger partial charge in [0.2, 0.25) is 0 Å². The van der Waals surface area contributed by atoms with Crippen molar-refractivity contribution in [2.75, 3.05) is 26.3 Å². The number of halogens is 2. The summed E-state index contributed by atoms with van der Waals surface area (Å²) in [5.74, 6) is -0.950. The van der Waals surface area contributed by atoms with Crippen LogP contribution in [-0.4, -0.2) is 70.8 Å². The lowest BCUT2D eigenvalue weighted by molar-refractivity contribution is 0.0798. The predicted molar refractivity (Wildman–Crippen MR) is 103 cm³/mol. The summed E-state index contributed by atoms with van der Waals surface area (Å²) in [6, 6.07) is 3.17. The zero-order valence-corrected chi connectivity index (χ0v) is 16.8. The molecule has 0 fully saturated rings. The Morgan fingerprint density at radius 1 is 0.958 bits per heavy atom. The SMILES string of the molecule is O=C(NCC(O)CO)c1ccc(I)c(C(=O)NCC(O)CO)c1I. The van der Waals surface area contributed by atoms with E-state index in [1.54, 1.807) is 12.1 Å². The summed E-state index contributed by atoms with van der Waals surface area (Å²) in [5, 5.41) is 41.1. The molecule has 0 heterocycles. The highest BCUT2D eigenvalue weighted by molar-refractivity contribution is 14.1. The maximum Gasteiger partial charge on any atom is 0.253 e. The first-order chi connectivity index (χ1) is 11.3. The molecule has 0 aliphatic carbocycles. The van der Waals surface area contributed by atoms with E-state index >= 15 is 0 Å². The summed E-state index contributed by atoms with van der Waals surface area (Å²) in [7, 11) is 0. The van der Waals surface area contributed by atoms with Gasteiger partial charge in [-0.1, -0.05) is 0 Å². The Morgan fingerprint density at radius 3 is 1.96 bits per heavy atom. The normalized spacial score (nSPS) is 13.2. The molecule has 10 heteroatoms. The van der Waals surface area contributed by atoms with Crippen LogP contribution in [0.2, 0.25) is 0 Å². The lowest BCUT2D eigenvalue weighted by atomic mass is 10.1. The highest BCUT2D eigenvalue weighted by Crippen LogP contribution is 2.23. The summed E-state index contributed by atoms with van der Waals surface area (Å²) >= 11 is 3.84. The molecule has 6 N–H and O–H groups in total. The Hall–Kier alpha value is -0.540. The van der Waals surface area contributed by atoms with Gasteiger partial charge in [-0.15, -0.1) is 0 Å². The van der Waals surface area contributed by atoms with Gasteiger partial charge in [-0.25, -0.2) is 0 Å². The molecule has 8 nitrogen and oxygen atoms in total. The third kappa shape index (κ3) is 6.07. The van der Waals surface area contributed by atoms with Crippen LogP contribution in [0.1, 0.15) is 20.7 Å². The molecule has 0 bridgehead atoms. The third-order valence-corrected chi connectivity index (χ3v) is 5.00. The van der Waals surface area contributed by atoms with E-state index in [1.807, 2.05) is 45.2 Å². The van der Waals surface area contributed by atoms with Crippen molar-refractivity contribution in [2.24, 2.45) is 0 Å². The van der Waals surface area contributed by atoms with Gasteiger partial charge in [-0.05, 0) is 57.3 Å². The van der Waals surface area contributed by atoms with Gasteiger partial charge in [0.15, 0.2) is 0 Å². The van der Waals surface area contributed by atoms with Crippen LogP contribution >= 0.6 is 45.2 Å². The minimum Gasteiger partial charge on any atom is -0.394 e. The van der Waals surface area contributed by atoms with Gasteiger partial charge in [-0.2, -0.15) is 0 Å². The van der Waals surface area contributed by atoms with Crippen LogP contribution in [0.15, 0.2) is 12.1 Å². The van der Waals surface area contributed by atoms with E-state index in [9.17, 15) is 19.8 Å². The molecule has 0 aliphatic rings. The number of carbonyl (C=O) groups excluding carboxylic acids is 2. The first kappa shape index (κ1) is 21.5. The van der Waals surface area contributed by atoms with Gasteiger partial charge in [-0.3, -0.25) is 9.59 Å². The van der Waals surface area contributed by atoms with Crippen LogP contribution < -0.4 is 10.6 Å². The number of hydrogen-bond donors (Lipinski definition) is 6. The third-order valence-electron chi connectivity index (χ3n) is 2.98. The van der Waals surface area contributed by atoms with Crippen LogP contribution in [0.4, 0.5) is 0 Å². The Labute approximate surface area is 165 Å². The molecule has 0 aliphatic heterocycles. The van der Waals surface area contributed by atoms with E-state index in [-0.39, 0.29) is 24.2 Å². The highest BCUT2D eigenvalue weighted by atomic mass is 127. The van der Waals surface area contributed by atoms with Gasteiger partial charge in [0, 0.05) is 20.2 Å². The van der Waals surface area contributed by atoms with Crippen molar-refractivity contribution >= 4 is 57.0 Å². The summed E-state index contributed by atoms with van der Waals surface area (Å²) < 4.78 is 1.05. The fourth-order valence-corrected chi connectivity index (χ4v) is 3.84. The van der Waals surface area contributed by atoms with Gasteiger partial charge in [0.05, 0.1) is 36.5 Å². The molecular formula is C14H18I2N2O6. The van der Waals surface area contributed by atoms with Gasteiger partial charge in [0.1, 0.15) is 0 Å². The molecule has 1 rings (SSSR count). The quantitative estimate of drug-likeness (QED) is 0.226. The smallest absolute Gasteiger partial charge is 0.253 e. The summed E-state index contributed by atoms with van der Waals surface area (Å²) in [4.78, 5) is 24.4. The lowest BCUT2D eigenvalue weighted by Crippen LogP contribution is -2.36. The van der Waals surface area contributed by atoms with Crippen LogP contribution in [-0.2, 0) is 0 Å². The Balaban J connectivity index is 2.94. The van der Waals surface area contributed by atoms with Crippen LogP contribution in [0.25, 0.3) is 0 Å². The molecule has 2 amide bonds. The Bertz CT molecular complexity index is 599.